The molecule has 9 rings (SSSR count). The number of rotatable bonds is 3. The normalized spacial score (nSPS) is 11.8. The molecule has 0 aliphatic rings. The lowest BCUT2D eigenvalue weighted by molar-refractivity contribution is 0.670. The van der Waals surface area contributed by atoms with Crippen molar-refractivity contribution < 1.29 is 4.42 Å². The predicted molar refractivity (Wildman–Crippen MR) is 176 cm³/mol. The van der Waals surface area contributed by atoms with Gasteiger partial charge in [-0.25, -0.2) is 0 Å². The van der Waals surface area contributed by atoms with E-state index in [-0.39, 0.29) is 0 Å². The zero-order chi connectivity index (χ0) is 27.6. The Morgan fingerprint density at radius 1 is 0.357 bits per heavy atom. The van der Waals surface area contributed by atoms with Crippen molar-refractivity contribution in [3.63, 3.8) is 0 Å². The summed E-state index contributed by atoms with van der Waals surface area (Å²) >= 11 is 0. The fourth-order valence-electron chi connectivity index (χ4n) is 6.54. The largest absolute Gasteiger partial charge is 0.456 e. The molecule has 0 spiro atoms. The smallest absolute Gasteiger partial charge is 0.136 e. The average Bonchev–Trinajstić information content (AvgIpc) is 3.57. The second-order valence-corrected chi connectivity index (χ2v) is 11.0. The maximum absolute atomic E-state index is 6.48. The van der Waals surface area contributed by atoms with Crippen molar-refractivity contribution in [2.75, 3.05) is 0 Å². The molecule has 0 radical (unpaired) electrons. The molecule has 0 saturated carbocycles. The van der Waals surface area contributed by atoms with Gasteiger partial charge in [0.1, 0.15) is 11.2 Å². The molecule has 0 atom stereocenters. The number of hydrogen-bond donors (Lipinski definition) is 0. The summed E-state index contributed by atoms with van der Waals surface area (Å²) in [6, 6.07) is 54.4. The van der Waals surface area contributed by atoms with Gasteiger partial charge in [-0.15, -0.1) is 0 Å². The number of fused-ring (bicyclic) bond motifs is 7. The minimum atomic E-state index is 0.915. The fourth-order valence-corrected chi connectivity index (χ4v) is 6.54. The number of nitrogens with zero attached hydrogens (tertiary/aromatic N) is 1. The Labute approximate surface area is 242 Å². The topological polar surface area (TPSA) is 18.1 Å². The van der Waals surface area contributed by atoms with Crippen molar-refractivity contribution in [2.24, 2.45) is 0 Å². The van der Waals surface area contributed by atoms with E-state index in [0.717, 1.165) is 27.6 Å². The minimum Gasteiger partial charge on any atom is -0.456 e. The van der Waals surface area contributed by atoms with Crippen LogP contribution in [-0.4, -0.2) is 4.57 Å². The second kappa shape index (κ2) is 8.95. The number of furan rings is 1. The van der Waals surface area contributed by atoms with Gasteiger partial charge in [0, 0.05) is 27.2 Å². The molecular formula is C40H25NO. The molecule has 0 aliphatic heterocycles. The molecule has 0 saturated heterocycles. The molecule has 0 fully saturated rings. The highest BCUT2D eigenvalue weighted by molar-refractivity contribution is 6.18. The molecule has 2 heterocycles. The summed E-state index contributed by atoms with van der Waals surface area (Å²) in [6.07, 6.45) is 0. The van der Waals surface area contributed by atoms with E-state index in [1.54, 1.807) is 0 Å². The van der Waals surface area contributed by atoms with Crippen LogP contribution in [0.5, 0.6) is 0 Å². The average molecular weight is 536 g/mol. The van der Waals surface area contributed by atoms with E-state index in [1.165, 1.54) is 54.8 Å². The summed E-state index contributed by atoms with van der Waals surface area (Å²) in [5, 5.41) is 7.09. The van der Waals surface area contributed by atoms with Gasteiger partial charge in [-0.05, 0) is 81.6 Å². The van der Waals surface area contributed by atoms with Crippen LogP contribution in [0.1, 0.15) is 0 Å². The van der Waals surface area contributed by atoms with Gasteiger partial charge in [0.05, 0.1) is 11.0 Å². The zero-order valence-corrected chi connectivity index (χ0v) is 22.8. The molecule has 196 valence electrons. The van der Waals surface area contributed by atoms with E-state index in [0.29, 0.717) is 0 Å². The summed E-state index contributed by atoms with van der Waals surface area (Å²) < 4.78 is 8.90. The first-order chi connectivity index (χ1) is 20.8. The highest BCUT2D eigenvalue weighted by Gasteiger charge is 2.18. The van der Waals surface area contributed by atoms with Crippen LogP contribution in [0.2, 0.25) is 0 Å². The van der Waals surface area contributed by atoms with Crippen LogP contribution < -0.4 is 0 Å². The maximum Gasteiger partial charge on any atom is 0.136 e. The highest BCUT2D eigenvalue weighted by atomic mass is 16.3. The van der Waals surface area contributed by atoms with Crippen LogP contribution in [0, 0.1) is 0 Å². The molecule has 7 aromatic carbocycles. The van der Waals surface area contributed by atoms with Gasteiger partial charge in [-0.3, -0.25) is 0 Å². The Morgan fingerprint density at radius 2 is 0.929 bits per heavy atom. The third-order valence-corrected chi connectivity index (χ3v) is 8.52. The monoisotopic (exact) mass is 535 g/mol. The van der Waals surface area contributed by atoms with Crippen molar-refractivity contribution in [3.05, 3.63) is 152 Å². The third kappa shape index (κ3) is 3.52. The molecule has 9 aromatic rings. The van der Waals surface area contributed by atoms with Crippen LogP contribution in [0.4, 0.5) is 0 Å². The number of benzene rings is 7. The summed E-state index contributed by atoms with van der Waals surface area (Å²) in [4.78, 5) is 0. The molecule has 0 unspecified atom stereocenters. The highest BCUT2D eigenvalue weighted by Crippen LogP contribution is 2.40. The van der Waals surface area contributed by atoms with Gasteiger partial charge >= 0.3 is 0 Å². The standard InChI is InChI=1S/C40H25NO/c1-3-11-26(12-4-1)30-19-31(27-13-5-2-6-14-27)21-32(20-30)41-37-18-10-9-17-33(37)34-25-40-36(24-38(34)41)35-22-28-15-7-8-16-29(28)23-39(35)42-40/h1-25H. The lowest BCUT2D eigenvalue weighted by atomic mass is 9.98. The molecule has 2 aromatic heterocycles. The van der Waals surface area contributed by atoms with Crippen molar-refractivity contribution in [3.8, 4) is 27.9 Å². The number of aromatic nitrogens is 1. The van der Waals surface area contributed by atoms with Gasteiger partial charge < -0.3 is 8.98 Å². The Hall–Kier alpha value is -5.60. The van der Waals surface area contributed by atoms with E-state index in [1.807, 2.05) is 0 Å². The van der Waals surface area contributed by atoms with E-state index in [9.17, 15) is 0 Å². The molecule has 0 bridgehead atoms. The second-order valence-electron chi connectivity index (χ2n) is 11.0. The Bertz CT molecular complexity index is 2390. The van der Waals surface area contributed by atoms with Gasteiger partial charge in [0.2, 0.25) is 0 Å². The molecule has 2 heteroatoms. The van der Waals surface area contributed by atoms with E-state index < -0.39 is 0 Å². The van der Waals surface area contributed by atoms with Crippen LogP contribution >= 0.6 is 0 Å². The van der Waals surface area contributed by atoms with Gasteiger partial charge in [-0.2, -0.15) is 0 Å². The lowest BCUT2D eigenvalue weighted by Gasteiger charge is -2.14. The first-order valence-electron chi connectivity index (χ1n) is 14.3. The van der Waals surface area contributed by atoms with E-state index in [4.69, 9.17) is 4.42 Å². The third-order valence-electron chi connectivity index (χ3n) is 8.52. The molecule has 42 heavy (non-hydrogen) atoms. The molecular weight excluding hydrogens is 510 g/mol. The first kappa shape index (κ1) is 23.1. The van der Waals surface area contributed by atoms with Gasteiger partial charge in [0.25, 0.3) is 0 Å². The summed E-state index contributed by atoms with van der Waals surface area (Å²) in [6.45, 7) is 0. The predicted octanol–water partition coefficient (Wildman–Crippen LogP) is 11.2. The van der Waals surface area contributed by atoms with Crippen LogP contribution in [-0.2, 0) is 0 Å². The van der Waals surface area contributed by atoms with E-state index in [2.05, 4.69) is 156 Å². The minimum absolute atomic E-state index is 0.915. The van der Waals surface area contributed by atoms with Gasteiger partial charge in [-0.1, -0.05) is 103 Å². The molecule has 0 N–H and O–H groups in total. The fraction of sp³-hybridized carbons (Fsp3) is 0. The first-order valence-corrected chi connectivity index (χ1v) is 14.3. The van der Waals surface area contributed by atoms with Crippen molar-refractivity contribution in [1.29, 1.82) is 0 Å². The number of hydrogen-bond acceptors (Lipinski definition) is 1. The molecule has 0 amide bonds. The van der Waals surface area contributed by atoms with Crippen molar-refractivity contribution in [1.82, 2.24) is 4.57 Å². The van der Waals surface area contributed by atoms with Crippen molar-refractivity contribution >= 4 is 54.5 Å². The molecule has 0 aliphatic carbocycles. The van der Waals surface area contributed by atoms with Gasteiger partial charge in [0.15, 0.2) is 0 Å². The van der Waals surface area contributed by atoms with Crippen molar-refractivity contribution in [2.45, 2.75) is 0 Å². The number of para-hydroxylation sites is 1. The zero-order valence-electron chi connectivity index (χ0n) is 22.8. The Morgan fingerprint density at radius 3 is 1.64 bits per heavy atom. The van der Waals surface area contributed by atoms with Crippen LogP contribution in [0.15, 0.2) is 156 Å². The summed E-state index contributed by atoms with van der Waals surface area (Å²) in [7, 11) is 0. The lowest BCUT2D eigenvalue weighted by Crippen LogP contribution is -1.96. The molecule has 2 nitrogen and oxygen atoms in total. The Kier molecular flexibility index (Phi) is 4.93. The maximum atomic E-state index is 6.48. The summed E-state index contributed by atoms with van der Waals surface area (Å²) in [5.41, 5.74) is 10.1. The van der Waals surface area contributed by atoms with E-state index >= 15 is 0 Å². The SMILES string of the molecule is c1ccc(-c2cc(-c3ccccc3)cc(-n3c4ccccc4c4cc5oc6cc7ccccc7cc6c5cc43)c2)cc1. The van der Waals surface area contributed by atoms with Crippen LogP contribution in [0.3, 0.4) is 0 Å². The quantitative estimate of drug-likeness (QED) is 0.220. The Balaban J connectivity index is 1.38. The summed E-state index contributed by atoms with van der Waals surface area (Å²) in [5.74, 6) is 0. The van der Waals surface area contributed by atoms with Crippen LogP contribution in [0.25, 0.3) is 82.5 Å².